The van der Waals surface area contributed by atoms with Crippen LogP contribution in [0.25, 0.3) is 5.65 Å². The average molecular weight is 551 g/mol. The second-order valence-corrected chi connectivity index (χ2v) is 10.5. The number of aromatic nitrogens is 4. The van der Waals surface area contributed by atoms with Crippen LogP contribution in [0.4, 0.5) is 22.0 Å². The Morgan fingerprint density at radius 2 is 2.02 bits per heavy atom. The molecule has 1 aromatic carbocycles. The summed E-state index contributed by atoms with van der Waals surface area (Å²) >= 11 is 0. The van der Waals surface area contributed by atoms with Crippen LogP contribution in [0.5, 0.6) is 0 Å². The predicted molar refractivity (Wildman–Crippen MR) is 150 cm³/mol. The number of hydrogen-bond acceptors (Lipinski definition) is 8. The highest BCUT2D eigenvalue weighted by molar-refractivity contribution is 5.94. The van der Waals surface area contributed by atoms with Crippen LogP contribution in [0.15, 0.2) is 37.1 Å². The third-order valence-electron chi connectivity index (χ3n) is 7.36. The fourth-order valence-corrected chi connectivity index (χ4v) is 5.00. The van der Waals surface area contributed by atoms with Gasteiger partial charge >= 0.3 is 0 Å². The minimum absolute atomic E-state index is 0.0914. The van der Waals surface area contributed by atoms with Crippen molar-refractivity contribution in [1.29, 1.82) is 0 Å². The maximum atomic E-state index is 14.6. The molecular weight excluding hydrogens is 515 g/mol. The first-order chi connectivity index (χ1) is 19.3. The summed E-state index contributed by atoms with van der Waals surface area (Å²) < 4.78 is 21.8. The van der Waals surface area contributed by atoms with Crippen molar-refractivity contribution < 1.29 is 18.7 Å². The van der Waals surface area contributed by atoms with Crippen molar-refractivity contribution in [3.8, 4) is 0 Å². The van der Waals surface area contributed by atoms with Gasteiger partial charge in [0.15, 0.2) is 5.65 Å². The zero-order chi connectivity index (χ0) is 28.2. The summed E-state index contributed by atoms with van der Waals surface area (Å²) in [7, 11) is 0. The zero-order valence-corrected chi connectivity index (χ0v) is 22.8. The van der Waals surface area contributed by atoms with Crippen LogP contribution < -0.4 is 16.0 Å². The molecule has 3 N–H and O–H groups in total. The number of rotatable bonds is 9. The molecule has 0 saturated carbocycles. The minimum Gasteiger partial charge on any atom is -0.381 e. The number of halogens is 1. The lowest BCUT2D eigenvalue weighted by Gasteiger charge is -2.23. The Balaban J connectivity index is 1.31. The van der Waals surface area contributed by atoms with Crippen LogP contribution in [-0.4, -0.2) is 68.6 Å². The van der Waals surface area contributed by atoms with Crippen molar-refractivity contribution >= 4 is 35.0 Å². The topological polar surface area (TPSA) is 126 Å². The van der Waals surface area contributed by atoms with E-state index in [0.717, 1.165) is 29.6 Å². The Kier molecular flexibility index (Phi) is 8.24. The van der Waals surface area contributed by atoms with E-state index in [4.69, 9.17) is 14.7 Å². The van der Waals surface area contributed by atoms with Gasteiger partial charge in [0, 0.05) is 44.5 Å². The van der Waals surface area contributed by atoms with Gasteiger partial charge in [-0.3, -0.25) is 9.59 Å². The van der Waals surface area contributed by atoms with Crippen molar-refractivity contribution in [1.82, 2.24) is 24.5 Å². The quantitative estimate of drug-likeness (QED) is 0.346. The largest absolute Gasteiger partial charge is 0.381 e. The lowest BCUT2D eigenvalue weighted by atomic mass is 10.1. The number of anilines is 3. The van der Waals surface area contributed by atoms with Gasteiger partial charge in [0.1, 0.15) is 5.82 Å². The number of likely N-dealkylation sites (tertiary alicyclic amines) is 1. The van der Waals surface area contributed by atoms with Crippen LogP contribution in [-0.2, 0) is 20.9 Å². The van der Waals surface area contributed by atoms with E-state index in [9.17, 15) is 14.0 Å². The molecule has 2 aromatic heterocycles. The molecule has 2 amide bonds. The third-order valence-corrected chi connectivity index (χ3v) is 7.36. The molecule has 5 rings (SSSR count). The third kappa shape index (κ3) is 6.06. The zero-order valence-electron chi connectivity index (χ0n) is 22.8. The van der Waals surface area contributed by atoms with Crippen molar-refractivity contribution in [2.24, 2.45) is 5.92 Å². The molecule has 12 heteroatoms. The number of hydrogen-bond donors (Lipinski definition) is 3. The van der Waals surface area contributed by atoms with Crippen LogP contribution in [0, 0.1) is 11.7 Å². The first kappa shape index (κ1) is 27.5. The number of carbonyl (C=O) groups excluding carboxylic acids is 2. The summed E-state index contributed by atoms with van der Waals surface area (Å²) in [5.74, 6) is -0.233. The van der Waals surface area contributed by atoms with Gasteiger partial charge in [-0.2, -0.15) is 19.6 Å². The lowest BCUT2D eigenvalue weighted by molar-refractivity contribution is -0.125. The van der Waals surface area contributed by atoms with Crippen LogP contribution in [0.1, 0.15) is 50.2 Å². The normalized spacial score (nSPS) is 17.8. The number of nitrogens with one attached hydrogen (secondary N) is 3. The maximum Gasteiger partial charge on any atom is 0.245 e. The summed E-state index contributed by atoms with van der Waals surface area (Å²) in [6, 6.07) is 4.80. The molecule has 40 heavy (non-hydrogen) atoms. The summed E-state index contributed by atoms with van der Waals surface area (Å²) in [6.07, 6.45) is 5.31. The van der Waals surface area contributed by atoms with Gasteiger partial charge in [0.25, 0.3) is 0 Å². The average Bonchev–Trinajstić information content (AvgIpc) is 3.62. The molecule has 4 heterocycles. The molecule has 11 nitrogen and oxygen atoms in total. The Bertz CT molecular complexity index is 1400. The Morgan fingerprint density at radius 3 is 2.77 bits per heavy atom. The molecule has 0 aliphatic carbocycles. The van der Waals surface area contributed by atoms with Gasteiger partial charge in [-0.25, -0.2) is 4.39 Å². The monoisotopic (exact) mass is 550 g/mol. The van der Waals surface area contributed by atoms with Crippen molar-refractivity contribution in [3.63, 3.8) is 0 Å². The van der Waals surface area contributed by atoms with Gasteiger partial charge in [-0.15, -0.1) is 0 Å². The number of fused-ring (bicyclic) bond motifs is 1. The minimum atomic E-state index is -0.532. The van der Waals surface area contributed by atoms with E-state index in [1.54, 1.807) is 27.7 Å². The standard InChI is InChI=1S/C28H35FN8O3/c1-4-24(38)36-10-7-19(16-36)26(39)33-23-13-18(5-6-22(23)29)14-30-28-35-27(32-20-8-11-40-12-9-20)34-25-21(17(2)3)15-31-37(25)28/h4-6,13,15,17,19-20H,1,7-12,14,16H2,2-3H3,(H,33,39)(H2,30,32,34,35). The van der Waals surface area contributed by atoms with Crippen LogP contribution in [0.2, 0.25) is 0 Å². The van der Waals surface area contributed by atoms with Crippen LogP contribution >= 0.6 is 0 Å². The van der Waals surface area contributed by atoms with E-state index in [1.807, 2.05) is 0 Å². The highest BCUT2D eigenvalue weighted by Crippen LogP contribution is 2.25. The number of amides is 2. The van der Waals surface area contributed by atoms with Crippen molar-refractivity contribution in [2.75, 3.05) is 42.3 Å². The lowest BCUT2D eigenvalue weighted by Crippen LogP contribution is -2.30. The Labute approximate surface area is 232 Å². The molecule has 2 aliphatic rings. The molecular formula is C28H35FN8O3. The number of carbonyl (C=O) groups is 2. The molecule has 0 spiro atoms. The van der Waals surface area contributed by atoms with Crippen molar-refractivity contribution in [2.45, 2.75) is 51.6 Å². The fourth-order valence-electron chi connectivity index (χ4n) is 5.00. The van der Waals surface area contributed by atoms with Gasteiger partial charge in [0.2, 0.25) is 23.7 Å². The molecule has 1 atom stereocenters. The predicted octanol–water partition coefficient (Wildman–Crippen LogP) is 3.56. The first-order valence-electron chi connectivity index (χ1n) is 13.7. The van der Waals surface area contributed by atoms with E-state index in [0.29, 0.717) is 44.6 Å². The Hall–Kier alpha value is -4.06. The fraction of sp³-hybridized carbons (Fsp3) is 0.464. The van der Waals surface area contributed by atoms with Gasteiger partial charge in [-0.1, -0.05) is 26.5 Å². The number of ether oxygens (including phenoxy) is 1. The molecule has 3 aromatic rings. The van der Waals surface area contributed by atoms with Gasteiger partial charge in [-0.05, 0) is 49.0 Å². The smallest absolute Gasteiger partial charge is 0.245 e. The second kappa shape index (κ2) is 12.0. The summed E-state index contributed by atoms with van der Waals surface area (Å²) in [5.41, 5.74) is 2.56. The summed E-state index contributed by atoms with van der Waals surface area (Å²) in [5, 5.41) is 14.0. The highest BCUT2D eigenvalue weighted by Gasteiger charge is 2.30. The van der Waals surface area contributed by atoms with E-state index < -0.39 is 11.7 Å². The van der Waals surface area contributed by atoms with E-state index in [2.05, 4.69) is 41.5 Å². The summed E-state index contributed by atoms with van der Waals surface area (Å²) in [6.45, 7) is 10.1. The second-order valence-electron chi connectivity index (χ2n) is 10.5. The van der Waals surface area contributed by atoms with Crippen LogP contribution in [0.3, 0.4) is 0 Å². The molecule has 2 aliphatic heterocycles. The maximum absolute atomic E-state index is 14.6. The molecule has 2 saturated heterocycles. The van der Waals surface area contributed by atoms with E-state index >= 15 is 0 Å². The molecule has 1 unspecified atom stereocenters. The first-order valence-corrected chi connectivity index (χ1v) is 13.7. The molecule has 2 fully saturated rings. The number of nitrogens with zero attached hydrogens (tertiary/aromatic N) is 5. The summed E-state index contributed by atoms with van der Waals surface area (Å²) in [4.78, 5) is 35.7. The SMILES string of the molecule is C=CC(=O)N1CCC(C(=O)Nc2cc(CNc3nc(NC4CCOCC4)nc4c(C(C)C)cnn34)ccc2F)C1. The highest BCUT2D eigenvalue weighted by atomic mass is 19.1. The van der Waals surface area contributed by atoms with Gasteiger partial charge in [0.05, 0.1) is 17.8 Å². The molecule has 0 radical (unpaired) electrons. The van der Waals surface area contributed by atoms with E-state index in [1.165, 1.54) is 12.1 Å². The molecule has 0 bridgehead atoms. The number of benzene rings is 1. The van der Waals surface area contributed by atoms with E-state index in [-0.39, 0.29) is 36.0 Å². The Morgan fingerprint density at radius 1 is 1.23 bits per heavy atom. The molecule has 212 valence electrons. The van der Waals surface area contributed by atoms with Gasteiger partial charge < -0.3 is 25.6 Å². The van der Waals surface area contributed by atoms with Crippen molar-refractivity contribution in [3.05, 3.63) is 54.0 Å².